The third kappa shape index (κ3) is 5.24. The van der Waals surface area contributed by atoms with E-state index < -0.39 is 6.16 Å². The van der Waals surface area contributed by atoms with Gasteiger partial charge in [-0.25, -0.2) is 9.78 Å². The number of pyridine rings is 2. The van der Waals surface area contributed by atoms with Crippen LogP contribution in [-0.2, 0) is 11.3 Å². The molecule has 34 heavy (non-hydrogen) atoms. The SMILES string of the molecule is CCOC(=O)Oc1cnc(N)c2c(COc3cccc(NC(=O)c4ccc(C)nc4)c3)csc12. The molecule has 9 nitrogen and oxygen atoms in total. The number of anilines is 2. The van der Waals surface area contributed by atoms with E-state index in [1.54, 1.807) is 43.3 Å². The Morgan fingerprint density at radius 1 is 1.15 bits per heavy atom. The molecule has 0 unspecified atom stereocenters. The van der Waals surface area contributed by atoms with E-state index in [1.807, 2.05) is 12.3 Å². The summed E-state index contributed by atoms with van der Waals surface area (Å²) in [6, 6.07) is 10.6. The largest absolute Gasteiger partial charge is 0.513 e. The molecule has 3 heterocycles. The van der Waals surface area contributed by atoms with Crippen LogP contribution in [0.4, 0.5) is 16.3 Å². The summed E-state index contributed by atoms with van der Waals surface area (Å²) in [6.07, 6.45) is 2.12. The Balaban J connectivity index is 1.47. The molecule has 3 N–H and O–H groups in total. The number of aromatic nitrogens is 2. The number of thiophene rings is 1. The fourth-order valence-corrected chi connectivity index (χ4v) is 4.16. The van der Waals surface area contributed by atoms with Gasteiger partial charge in [-0.15, -0.1) is 11.3 Å². The molecule has 0 atom stereocenters. The molecule has 0 bridgehead atoms. The number of hydrogen-bond donors (Lipinski definition) is 2. The van der Waals surface area contributed by atoms with Gasteiger partial charge in [0.05, 0.1) is 23.1 Å². The van der Waals surface area contributed by atoms with Crippen molar-refractivity contribution in [1.82, 2.24) is 9.97 Å². The highest BCUT2D eigenvalue weighted by molar-refractivity contribution is 7.17. The second-order valence-electron chi connectivity index (χ2n) is 7.22. The zero-order chi connectivity index (χ0) is 24.1. The number of benzene rings is 1. The van der Waals surface area contributed by atoms with Crippen molar-refractivity contribution in [2.45, 2.75) is 20.5 Å². The second kappa shape index (κ2) is 10.2. The highest BCUT2D eigenvalue weighted by Gasteiger charge is 2.17. The molecule has 10 heteroatoms. The number of nitrogens with zero attached hydrogens (tertiary/aromatic N) is 2. The molecule has 4 rings (SSSR count). The maximum absolute atomic E-state index is 12.5. The number of nitrogen functional groups attached to an aromatic ring is 1. The lowest BCUT2D eigenvalue weighted by Crippen LogP contribution is -2.12. The zero-order valence-electron chi connectivity index (χ0n) is 18.5. The number of carbonyl (C=O) groups is 2. The number of fused-ring (bicyclic) bond motifs is 1. The van der Waals surface area contributed by atoms with Crippen molar-refractivity contribution in [3.63, 3.8) is 0 Å². The van der Waals surface area contributed by atoms with Crippen molar-refractivity contribution < 1.29 is 23.8 Å². The van der Waals surface area contributed by atoms with Gasteiger partial charge in [-0.05, 0) is 43.5 Å². The number of carbonyl (C=O) groups excluding carboxylic acids is 2. The second-order valence-corrected chi connectivity index (χ2v) is 8.10. The molecule has 0 saturated heterocycles. The molecule has 0 aliphatic heterocycles. The molecule has 3 aromatic heterocycles. The van der Waals surface area contributed by atoms with Crippen LogP contribution in [0.25, 0.3) is 10.1 Å². The summed E-state index contributed by atoms with van der Waals surface area (Å²) in [4.78, 5) is 32.5. The topological polar surface area (TPSA) is 126 Å². The van der Waals surface area contributed by atoms with E-state index in [4.69, 9.17) is 19.9 Å². The van der Waals surface area contributed by atoms with E-state index in [1.165, 1.54) is 23.7 Å². The molecule has 0 saturated carbocycles. The van der Waals surface area contributed by atoms with Crippen LogP contribution < -0.4 is 20.5 Å². The Bertz CT molecular complexity index is 1340. The normalized spacial score (nSPS) is 10.6. The van der Waals surface area contributed by atoms with Gasteiger partial charge >= 0.3 is 6.16 Å². The molecule has 0 fully saturated rings. The minimum Gasteiger partial charge on any atom is -0.489 e. The van der Waals surface area contributed by atoms with Gasteiger partial charge in [0, 0.05) is 34.6 Å². The van der Waals surface area contributed by atoms with E-state index >= 15 is 0 Å². The number of aryl methyl sites for hydroxylation is 1. The summed E-state index contributed by atoms with van der Waals surface area (Å²) in [5.41, 5.74) is 8.77. The Labute approximate surface area is 199 Å². The highest BCUT2D eigenvalue weighted by Crippen LogP contribution is 2.37. The van der Waals surface area contributed by atoms with Crippen LogP contribution >= 0.6 is 11.3 Å². The molecule has 0 aliphatic carbocycles. The summed E-state index contributed by atoms with van der Waals surface area (Å²) >= 11 is 1.36. The molecule has 1 aromatic carbocycles. The van der Waals surface area contributed by atoms with Crippen molar-refractivity contribution in [2.75, 3.05) is 17.7 Å². The fraction of sp³-hybridized carbons (Fsp3) is 0.167. The van der Waals surface area contributed by atoms with E-state index in [0.717, 1.165) is 11.3 Å². The number of ether oxygens (including phenoxy) is 3. The number of amides is 1. The zero-order valence-corrected chi connectivity index (χ0v) is 19.3. The molecule has 0 aliphatic rings. The van der Waals surface area contributed by atoms with Gasteiger partial charge in [0.15, 0.2) is 5.75 Å². The first kappa shape index (κ1) is 23.0. The third-order valence-electron chi connectivity index (χ3n) is 4.78. The minimum atomic E-state index is -0.804. The van der Waals surface area contributed by atoms with Crippen molar-refractivity contribution in [2.24, 2.45) is 0 Å². The van der Waals surface area contributed by atoms with Gasteiger partial charge in [-0.2, -0.15) is 0 Å². The highest BCUT2D eigenvalue weighted by atomic mass is 32.1. The monoisotopic (exact) mass is 478 g/mol. The Hall–Kier alpha value is -4.18. The molecule has 0 radical (unpaired) electrons. The first-order valence-corrected chi connectivity index (χ1v) is 11.3. The molecule has 174 valence electrons. The predicted molar refractivity (Wildman–Crippen MR) is 129 cm³/mol. The van der Waals surface area contributed by atoms with Crippen LogP contribution in [0, 0.1) is 6.92 Å². The van der Waals surface area contributed by atoms with Crippen LogP contribution in [0.3, 0.4) is 0 Å². The van der Waals surface area contributed by atoms with Crippen LogP contribution in [0.5, 0.6) is 11.5 Å². The molecule has 1 amide bonds. The lowest BCUT2D eigenvalue weighted by molar-refractivity contribution is 0.102. The van der Waals surface area contributed by atoms with Gasteiger partial charge in [0.2, 0.25) is 0 Å². The minimum absolute atomic E-state index is 0.202. The van der Waals surface area contributed by atoms with E-state index in [0.29, 0.717) is 32.9 Å². The van der Waals surface area contributed by atoms with Gasteiger partial charge in [-0.1, -0.05) is 6.07 Å². The molecule has 0 spiro atoms. The lowest BCUT2D eigenvalue weighted by Gasteiger charge is -2.10. The maximum atomic E-state index is 12.5. The van der Waals surface area contributed by atoms with Crippen molar-refractivity contribution in [1.29, 1.82) is 0 Å². The molecular formula is C24H22N4O5S. The summed E-state index contributed by atoms with van der Waals surface area (Å²) in [5.74, 6) is 0.874. The van der Waals surface area contributed by atoms with Crippen molar-refractivity contribution in [3.8, 4) is 11.5 Å². The van der Waals surface area contributed by atoms with E-state index in [-0.39, 0.29) is 24.9 Å². The average Bonchev–Trinajstić information content (AvgIpc) is 3.26. The number of nitrogens with one attached hydrogen (secondary N) is 1. The quantitative estimate of drug-likeness (QED) is 0.358. The van der Waals surface area contributed by atoms with Gasteiger partial charge in [0.1, 0.15) is 18.2 Å². The van der Waals surface area contributed by atoms with Crippen LogP contribution in [0.2, 0.25) is 0 Å². The van der Waals surface area contributed by atoms with Crippen LogP contribution in [-0.4, -0.2) is 28.6 Å². The van der Waals surface area contributed by atoms with Gasteiger partial charge in [-0.3, -0.25) is 9.78 Å². The fourth-order valence-electron chi connectivity index (χ4n) is 3.15. The summed E-state index contributed by atoms with van der Waals surface area (Å²) in [5, 5.41) is 5.37. The Morgan fingerprint density at radius 2 is 2.00 bits per heavy atom. The van der Waals surface area contributed by atoms with Crippen molar-refractivity contribution in [3.05, 3.63) is 71.0 Å². The predicted octanol–water partition coefficient (Wildman–Crippen LogP) is 4.95. The Kier molecular flexibility index (Phi) is 6.88. The molecular weight excluding hydrogens is 456 g/mol. The lowest BCUT2D eigenvalue weighted by atomic mass is 10.2. The van der Waals surface area contributed by atoms with Crippen molar-refractivity contribution >= 4 is 45.0 Å². The number of rotatable bonds is 7. The number of hydrogen-bond acceptors (Lipinski definition) is 9. The van der Waals surface area contributed by atoms with Gasteiger partial charge in [0.25, 0.3) is 5.91 Å². The first-order valence-electron chi connectivity index (χ1n) is 10.4. The standard InChI is InChI=1S/C24H22N4O5S/c1-3-31-24(30)33-19-11-27-22(25)20-16(13-34-21(19)20)12-32-18-6-4-5-17(9-18)28-23(29)15-8-7-14(2)26-10-15/h4-11,13H,3,12H2,1-2H3,(H2,25,27)(H,28,29). The van der Waals surface area contributed by atoms with E-state index in [9.17, 15) is 9.59 Å². The Morgan fingerprint density at radius 3 is 2.76 bits per heavy atom. The number of nitrogens with two attached hydrogens (primary N) is 1. The summed E-state index contributed by atoms with van der Waals surface area (Å²) in [7, 11) is 0. The van der Waals surface area contributed by atoms with Crippen LogP contribution in [0.15, 0.2) is 54.2 Å². The maximum Gasteiger partial charge on any atom is 0.513 e. The third-order valence-corrected chi connectivity index (χ3v) is 5.83. The van der Waals surface area contributed by atoms with Gasteiger partial charge < -0.3 is 25.3 Å². The first-order chi connectivity index (χ1) is 16.4. The van der Waals surface area contributed by atoms with Crippen LogP contribution in [0.1, 0.15) is 28.5 Å². The molecule has 4 aromatic rings. The van der Waals surface area contributed by atoms with E-state index in [2.05, 4.69) is 15.3 Å². The average molecular weight is 479 g/mol. The summed E-state index contributed by atoms with van der Waals surface area (Å²) < 4.78 is 16.7. The smallest absolute Gasteiger partial charge is 0.489 e. The summed E-state index contributed by atoms with van der Waals surface area (Å²) in [6.45, 7) is 3.96.